The maximum Gasteiger partial charge on any atom is 0.271 e. The molecule has 2 aliphatic heterocycles. The van der Waals surface area contributed by atoms with Crippen LogP contribution in [0.1, 0.15) is 55.9 Å². The molecule has 11 heteroatoms. The minimum absolute atomic E-state index is 0.0270. The van der Waals surface area contributed by atoms with Crippen molar-refractivity contribution in [1.82, 2.24) is 20.5 Å². The van der Waals surface area contributed by atoms with Gasteiger partial charge < -0.3 is 20.5 Å². The van der Waals surface area contributed by atoms with Gasteiger partial charge in [-0.3, -0.25) is 19.2 Å². The number of benzene rings is 1. The van der Waals surface area contributed by atoms with Crippen molar-refractivity contribution in [1.29, 1.82) is 0 Å². The lowest BCUT2D eigenvalue weighted by Gasteiger charge is -2.29. The van der Waals surface area contributed by atoms with Crippen molar-refractivity contribution in [3.05, 3.63) is 48.3 Å². The first-order valence-electron chi connectivity index (χ1n) is 13.6. The van der Waals surface area contributed by atoms with Crippen molar-refractivity contribution in [2.45, 2.75) is 67.3 Å². The molecule has 2 aromatic rings. The average molecular weight is 555 g/mol. The lowest BCUT2D eigenvalue weighted by Crippen LogP contribution is -2.53. The second kappa shape index (κ2) is 11.0. The SMILES string of the molecule is CCC(=O)C(CC1CCNC1=O)NC(=O)C1C2CCCC2CN1C(=O)c1cc(S(=O)(=O)c2ccccc2)c[nH]1. The van der Waals surface area contributed by atoms with Gasteiger partial charge in [-0.1, -0.05) is 31.5 Å². The number of hydrogen-bond donors (Lipinski definition) is 3. The number of carbonyl (C=O) groups is 4. The molecule has 1 aliphatic carbocycles. The monoisotopic (exact) mass is 554 g/mol. The van der Waals surface area contributed by atoms with Gasteiger partial charge in [-0.25, -0.2) is 8.42 Å². The number of amides is 3. The molecule has 2 saturated heterocycles. The summed E-state index contributed by atoms with van der Waals surface area (Å²) in [6.45, 7) is 2.66. The Kier molecular flexibility index (Phi) is 7.61. The molecule has 10 nitrogen and oxygen atoms in total. The van der Waals surface area contributed by atoms with E-state index in [4.69, 9.17) is 0 Å². The van der Waals surface area contributed by atoms with E-state index >= 15 is 0 Å². The lowest BCUT2D eigenvalue weighted by atomic mass is 9.91. The minimum Gasteiger partial charge on any atom is -0.356 e. The van der Waals surface area contributed by atoms with Gasteiger partial charge in [0.1, 0.15) is 11.7 Å². The summed E-state index contributed by atoms with van der Waals surface area (Å²) >= 11 is 0. The van der Waals surface area contributed by atoms with Crippen LogP contribution in [-0.2, 0) is 24.2 Å². The number of nitrogens with one attached hydrogen (secondary N) is 3. The number of sulfone groups is 1. The topological polar surface area (TPSA) is 146 Å². The molecular formula is C28H34N4O6S. The van der Waals surface area contributed by atoms with E-state index in [2.05, 4.69) is 15.6 Å². The first kappa shape index (κ1) is 27.1. The van der Waals surface area contributed by atoms with Gasteiger partial charge in [0.2, 0.25) is 21.7 Å². The van der Waals surface area contributed by atoms with Crippen LogP contribution in [0.2, 0.25) is 0 Å². The van der Waals surface area contributed by atoms with Gasteiger partial charge in [-0.15, -0.1) is 0 Å². The highest BCUT2D eigenvalue weighted by atomic mass is 32.2. The summed E-state index contributed by atoms with van der Waals surface area (Å²) in [5.74, 6) is -1.33. The smallest absolute Gasteiger partial charge is 0.271 e. The van der Waals surface area contributed by atoms with Crippen LogP contribution < -0.4 is 10.6 Å². The van der Waals surface area contributed by atoms with Crippen LogP contribution in [0.3, 0.4) is 0 Å². The Hall–Kier alpha value is -3.47. The number of hydrogen-bond acceptors (Lipinski definition) is 6. The molecule has 0 spiro atoms. The summed E-state index contributed by atoms with van der Waals surface area (Å²) in [5.41, 5.74) is 0.0890. The molecule has 1 aromatic heterocycles. The third-order valence-electron chi connectivity index (χ3n) is 8.41. The van der Waals surface area contributed by atoms with E-state index in [9.17, 15) is 27.6 Å². The van der Waals surface area contributed by atoms with E-state index in [1.807, 2.05) is 0 Å². The van der Waals surface area contributed by atoms with Crippen molar-refractivity contribution in [3.8, 4) is 0 Å². The van der Waals surface area contributed by atoms with Gasteiger partial charge in [0.05, 0.1) is 15.8 Å². The summed E-state index contributed by atoms with van der Waals surface area (Å²) < 4.78 is 26.1. The molecule has 3 fully saturated rings. The number of nitrogens with zero attached hydrogens (tertiary/aromatic N) is 1. The fourth-order valence-electron chi connectivity index (χ4n) is 6.32. The van der Waals surface area contributed by atoms with Gasteiger partial charge in [-0.2, -0.15) is 0 Å². The minimum atomic E-state index is -3.82. The van der Waals surface area contributed by atoms with E-state index < -0.39 is 33.7 Å². The number of aromatic amines is 1. The highest BCUT2D eigenvalue weighted by Crippen LogP contribution is 2.43. The molecule has 5 unspecified atom stereocenters. The largest absolute Gasteiger partial charge is 0.356 e. The molecule has 0 radical (unpaired) electrons. The van der Waals surface area contributed by atoms with Crippen molar-refractivity contribution < 1.29 is 27.6 Å². The molecule has 39 heavy (non-hydrogen) atoms. The summed E-state index contributed by atoms with van der Waals surface area (Å²) in [5, 5.41) is 5.66. The number of rotatable bonds is 9. The number of H-pyrrole nitrogens is 1. The first-order chi connectivity index (χ1) is 18.7. The molecule has 3 heterocycles. The van der Waals surface area contributed by atoms with Crippen LogP contribution in [0.15, 0.2) is 52.4 Å². The summed E-state index contributed by atoms with van der Waals surface area (Å²) in [4.78, 5) is 56.7. The fourth-order valence-corrected chi connectivity index (χ4v) is 7.60. The second-order valence-electron chi connectivity index (χ2n) is 10.7. The van der Waals surface area contributed by atoms with Gasteiger partial charge in [-0.05, 0) is 55.7 Å². The van der Waals surface area contributed by atoms with E-state index in [-0.39, 0.29) is 57.8 Å². The van der Waals surface area contributed by atoms with Crippen molar-refractivity contribution >= 4 is 33.3 Å². The maximum absolute atomic E-state index is 13.7. The quantitative estimate of drug-likeness (QED) is 0.433. The summed E-state index contributed by atoms with van der Waals surface area (Å²) in [7, 11) is -3.82. The molecule has 3 N–H and O–H groups in total. The van der Waals surface area contributed by atoms with Crippen LogP contribution in [-0.4, -0.2) is 67.0 Å². The predicted molar refractivity (Wildman–Crippen MR) is 141 cm³/mol. The standard InChI is InChI=1S/C28H34N4O6S/c1-2-24(33)22(13-17-11-12-29-26(17)34)31-27(35)25-21-10-6-7-18(21)16-32(25)28(36)23-14-20(15-30-23)39(37,38)19-8-4-3-5-9-19/h3-5,8-9,14-15,17-18,21-22,25,30H,2,6-7,10-13,16H2,1H3,(H,29,34)(H,31,35). The summed E-state index contributed by atoms with van der Waals surface area (Å²) in [6, 6.07) is 7.72. The lowest BCUT2D eigenvalue weighted by molar-refractivity contribution is -0.132. The normalized spacial score (nSPS) is 25.3. The zero-order chi connectivity index (χ0) is 27.7. The molecular weight excluding hydrogens is 520 g/mol. The predicted octanol–water partition coefficient (Wildman–Crippen LogP) is 2.08. The maximum atomic E-state index is 13.7. The Morgan fingerprint density at radius 2 is 1.87 bits per heavy atom. The highest BCUT2D eigenvalue weighted by Gasteiger charge is 2.50. The Labute approximate surface area is 227 Å². The summed E-state index contributed by atoms with van der Waals surface area (Å²) in [6.07, 6.45) is 5.02. The number of likely N-dealkylation sites (tertiary alicyclic amines) is 1. The van der Waals surface area contributed by atoms with Crippen LogP contribution >= 0.6 is 0 Å². The van der Waals surface area contributed by atoms with Crippen LogP contribution in [0.4, 0.5) is 0 Å². The van der Waals surface area contributed by atoms with E-state index in [1.54, 1.807) is 25.1 Å². The first-order valence-corrected chi connectivity index (χ1v) is 15.1. The average Bonchev–Trinajstić information content (AvgIpc) is 3.73. The zero-order valence-corrected chi connectivity index (χ0v) is 22.7. The highest BCUT2D eigenvalue weighted by molar-refractivity contribution is 7.91. The number of aromatic nitrogens is 1. The van der Waals surface area contributed by atoms with E-state index in [0.29, 0.717) is 19.5 Å². The number of carbonyl (C=O) groups excluding carboxylic acids is 4. The van der Waals surface area contributed by atoms with Crippen LogP contribution in [0.5, 0.6) is 0 Å². The van der Waals surface area contributed by atoms with Crippen molar-refractivity contribution in [2.24, 2.45) is 17.8 Å². The molecule has 3 aliphatic rings. The number of Topliss-reactive ketones (excluding diaryl/α,β-unsaturated/α-hetero) is 1. The van der Waals surface area contributed by atoms with Crippen LogP contribution in [0, 0.1) is 17.8 Å². The van der Waals surface area contributed by atoms with E-state index in [0.717, 1.165) is 19.3 Å². The second-order valence-corrected chi connectivity index (χ2v) is 12.7. The van der Waals surface area contributed by atoms with Gasteiger partial charge in [0, 0.05) is 31.6 Å². The molecule has 5 atom stereocenters. The third-order valence-corrected chi connectivity index (χ3v) is 10.2. The van der Waals surface area contributed by atoms with Crippen LogP contribution in [0.25, 0.3) is 0 Å². The van der Waals surface area contributed by atoms with E-state index in [1.165, 1.54) is 29.3 Å². The fraction of sp³-hybridized carbons (Fsp3) is 0.500. The molecule has 5 rings (SSSR count). The van der Waals surface area contributed by atoms with Gasteiger partial charge in [0.15, 0.2) is 5.78 Å². The van der Waals surface area contributed by atoms with Crippen molar-refractivity contribution in [3.63, 3.8) is 0 Å². The molecule has 3 amide bonds. The van der Waals surface area contributed by atoms with Crippen molar-refractivity contribution in [2.75, 3.05) is 13.1 Å². The molecule has 0 bridgehead atoms. The Bertz CT molecular complexity index is 1370. The zero-order valence-electron chi connectivity index (χ0n) is 21.9. The Balaban J connectivity index is 1.37. The molecule has 1 saturated carbocycles. The third kappa shape index (κ3) is 5.24. The Morgan fingerprint density at radius 1 is 1.10 bits per heavy atom. The van der Waals surface area contributed by atoms with Gasteiger partial charge >= 0.3 is 0 Å². The molecule has 1 aromatic carbocycles. The Morgan fingerprint density at radius 3 is 2.56 bits per heavy atom. The molecule has 208 valence electrons. The number of fused-ring (bicyclic) bond motifs is 1. The number of ketones is 1. The van der Waals surface area contributed by atoms with Gasteiger partial charge in [0.25, 0.3) is 5.91 Å².